The van der Waals surface area contributed by atoms with Crippen LogP contribution in [0.15, 0.2) is 12.4 Å². The van der Waals surface area contributed by atoms with E-state index in [9.17, 15) is 8.42 Å². The lowest BCUT2D eigenvalue weighted by molar-refractivity contribution is 0.202. The van der Waals surface area contributed by atoms with E-state index in [0.29, 0.717) is 44.4 Å². The summed E-state index contributed by atoms with van der Waals surface area (Å²) in [5.41, 5.74) is 0. The minimum atomic E-state index is -3.35. The molecule has 0 spiro atoms. The highest BCUT2D eigenvalue weighted by Gasteiger charge is 2.37. The van der Waals surface area contributed by atoms with Crippen LogP contribution in [-0.2, 0) is 10.2 Å². The van der Waals surface area contributed by atoms with Crippen LogP contribution in [0.25, 0.3) is 0 Å². The van der Waals surface area contributed by atoms with Crippen LogP contribution in [0.3, 0.4) is 0 Å². The summed E-state index contributed by atoms with van der Waals surface area (Å²) in [6.45, 7) is 2.05. The third-order valence-electron chi connectivity index (χ3n) is 3.91. The van der Waals surface area contributed by atoms with Gasteiger partial charge in [0.1, 0.15) is 6.10 Å². The molecule has 0 amide bonds. The van der Waals surface area contributed by atoms with Gasteiger partial charge in [0.15, 0.2) is 0 Å². The quantitative estimate of drug-likeness (QED) is 0.772. The molecule has 2 aliphatic heterocycles. The number of nitrogens with zero attached hydrogens (tertiary/aromatic N) is 4. The molecule has 1 aromatic heterocycles. The molecule has 1 atom stereocenters. The smallest absolute Gasteiger partial charge is 0.282 e. The molecule has 8 nitrogen and oxygen atoms in total. The van der Waals surface area contributed by atoms with E-state index >= 15 is 0 Å². The third-order valence-corrected chi connectivity index (χ3v) is 5.91. The van der Waals surface area contributed by atoms with Crippen LogP contribution in [0.5, 0.6) is 11.8 Å². The summed E-state index contributed by atoms with van der Waals surface area (Å²) >= 11 is 0. The summed E-state index contributed by atoms with van der Waals surface area (Å²) in [4.78, 5) is 8.11. The van der Waals surface area contributed by atoms with Crippen molar-refractivity contribution in [2.75, 3.05) is 33.3 Å². The molecule has 0 saturated carbocycles. The molecular formula is C13H20N4O4S. The van der Waals surface area contributed by atoms with Gasteiger partial charge in [-0.2, -0.15) is 22.0 Å². The SMILES string of the molecule is COc1cncc(OC2CCN(S(=O)(=O)N3CCCC3)C2)n1. The average molecular weight is 328 g/mol. The van der Waals surface area contributed by atoms with Crippen LogP contribution in [-0.4, -0.2) is 66.4 Å². The number of methoxy groups -OCH3 is 1. The topological polar surface area (TPSA) is 84.9 Å². The number of hydrogen-bond acceptors (Lipinski definition) is 6. The lowest BCUT2D eigenvalue weighted by Gasteiger charge is -2.23. The molecule has 1 unspecified atom stereocenters. The summed E-state index contributed by atoms with van der Waals surface area (Å²) in [5.74, 6) is 0.724. The minimum Gasteiger partial charge on any atom is -0.480 e. The lowest BCUT2D eigenvalue weighted by Crippen LogP contribution is -2.41. The largest absolute Gasteiger partial charge is 0.480 e. The molecule has 9 heteroatoms. The Labute approximate surface area is 130 Å². The van der Waals surface area contributed by atoms with Gasteiger partial charge in [-0.15, -0.1) is 0 Å². The van der Waals surface area contributed by atoms with E-state index in [-0.39, 0.29) is 6.10 Å². The van der Waals surface area contributed by atoms with Gasteiger partial charge >= 0.3 is 0 Å². The normalized spacial score (nSPS) is 23.8. The van der Waals surface area contributed by atoms with E-state index < -0.39 is 10.2 Å². The van der Waals surface area contributed by atoms with Crippen molar-refractivity contribution in [3.63, 3.8) is 0 Å². The molecule has 2 saturated heterocycles. The predicted molar refractivity (Wildman–Crippen MR) is 78.9 cm³/mol. The number of ether oxygens (including phenoxy) is 2. The molecule has 1 aromatic rings. The maximum atomic E-state index is 12.5. The standard InChI is InChI=1S/C13H20N4O4S/c1-20-12-8-14-9-13(15-12)21-11-4-7-17(10-11)22(18,19)16-5-2-3-6-16/h8-9,11H,2-7,10H2,1H3. The number of aromatic nitrogens is 2. The first kappa shape index (κ1) is 15.4. The molecule has 3 heterocycles. The van der Waals surface area contributed by atoms with Gasteiger partial charge in [0.05, 0.1) is 26.0 Å². The van der Waals surface area contributed by atoms with Gasteiger partial charge in [-0.3, -0.25) is 4.98 Å². The Morgan fingerprint density at radius 1 is 1.14 bits per heavy atom. The first-order valence-electron chi connectivity index (χ1n) is 7.37. The maximum Gasteiger partial charge on any atom is 0.282 e. The van der Waals surface area contributed by atoms with E-state index in [4.69, 9.17) is 9.47 Å². The molecule has 0 aliphatic carbocycles. The monoisotopic (exact) mass is 328 g/mol. The van der Waals surface area contributed by atoms with E-state index in [1.54, 1.807) is 4.31 Å². The Hall–Kier alpha value is -1.45. The zero-order valence-corrected chi connectivity index (χ0v) is 13.3. The molecule has 2 aliphatic rings. The fourth-order valence-corrected chi connectivity index (χ4v) is 4.48. The minimum absolute atomic E-state index is 0.209. The Kier molecular flexibility index (Phi) is 4.46. The molecule has 0 radical (unpaired) electrons. The fraction of sp³-hybridized carbons (Fsp3) is 0.692. The molecule has 0 bridgehead atoms. The molecule has 22 heavy (non-hydrogen) atoms. The average Bonchev–Trinajstić information content (AvgIpc) is 3.19. The van der Waals surface area contributed by atoms with Gasteiger partial charge in [-0.1, -0.05) is 0 Å². The van der Waals surface area contributed by atoms with Gasteiger partial charge in [-0.05, 0) is 19.3 Å². The fourth-order valence-electron chi connectivity index (χ4n) is 2.74. The first-order chi connectivity index (χ1) is 10.6. The van der Waals surface area contributed by atoms with Crippen molar-refractivity contribution in [1.82, 2.24) is 18.6 Å². The molecule has 0 aromatic carbocycles. The number of hydrogen-bond donors (Lipinski definition) is 0. The zero-order chi connectivity index (χ0) is 15.6. The summed E-state index contributed by atoms with van der Waals surface area (Å²) in [5, 5.41) is 0. The lowest BCUT2D eigenvalue weighted by atomic mass is 10.3. The van der Waals surface area contributed by atoms with E-state index in [0.717, 1.165) is 12.8 Å². The highest BCUT2D eigenvalue weighted by Crippen LogP contribution is 2.23. The van der Waals surface area contributed by atoms with Gasteiger partial charge < -0.3 is 9.47 Å². The van der Waals surface area contributed by atoms with Crippen molar-refractivity contribution in [3.8, 4) is 11.8 Å². The Balaban J connectivity index is 1.62. The van der Waals surface area contributed by atoms with Crippen molar-refractivity contribution in [2.45, 2.75) is 25.4 Å². The molecular weight excluding hydrogens is 308 g/mol. The van der Waals surface area contributed by atoms with Crippen LogP contribution in [0, 0.1) is 0 Å². The van der Waals surface area contributed by atoms with Gasteiger partial charge in [-0.25, -0.2) is 0 Å². The molecule has 122 valence electrons. The second kappa shape index (κ2) is 6.35. The summed E-state index contributed by atoms with van der Waals surface area (Å²) in [6, 6.07) is 0. The Morgan fingerprint density at radius 2 is 1.86 bits per heavy atom. The molecule has 2 fully saturated rings. The van der Waals surface area contributed by atoms with Crippen LogP contribution in [0.4, 0.5) is 0 Å². The van der Waals surface area contributed by atoms with Crippen molar-refractivity contribution in [3.05, 3.63) is 12.4 Å². The predicted octanol–water partition coefficient (Wildman–Crippen LogP) is 0.279. The third kappa shape index (κ3) is 3.16. The van der Waals surface area contributed by atoms with Crippen LogP contribution in [0.2, 0.25) is 0 Å². The Bertz CT molecular complexity index is 618. The van der Waals surface area contributed by atoms with Crippen molar-refractivity contribution >= 4 is 10.2 Å². The van der Waals surface area contributed by atoms with Gasteiger partial charge in [0.2, 0.25) is 11.8 Å². The van der Waals surface area contributed by atoms with Crippen LogP contribution >= 0.6 is 0 Å². The second-order valence-electron chi connectivity index (χ2n) is 5.40. The first-order valence-corrected chi connectivity index (χ1v) is 8.77. The highest BCUT2D eigenvalue weighted by atomic mass is 32.2. The second-order valence-corrected chi connectivity index (χ2v) is 7.33. The maximum absolute atomic E-state index is 12.5. The van der Waals surface area contributed by atoms with Gasteiger partial charge in [0, 0.05) is 19.6 Å². The molecule has 3 rings (SSSR count). The molecule has 0 N–H and O–H groups in total. The number of rotatable bonds is 5. The summed E-state index contributed by atoms with van der Waals surface area (Å²) in [7, 11) is -1.84. The van der Waals surface area contributed by atoms with Crippen LogP contribution in [0.1, 0.15) is 19.3 Å². The summed E-state index contributed by atoms with van der Waals surface area (Å²) in [6.07, 6.45) is 5.30. The van der Waals surface area contributed by atoms with Crippen molar-refractivity contribution in [2.24, 2.45) is 0 Å². The van der Waals surface area contributed by atoms with Crippen molar-refractivity contribution in [1.29, 1.82) is 0 Å². The zero-order valence-electron chi connectivity index (χ0n) is 12.5. The van der Waals surface area contributed by atoms with E-state index in [1.807, 2.05) is 0 Å². The Morgan fingerprint density at radius 3 is 2.59 bits per heavy atom. The van der Waals surface area contributed by atoms with Crippen molar-refractivity contribution < 1.29 is 17.9 Å². The van der Waals surface area contributed by atoms with Gasteiger partial charge in [0.25, 0.3) is 10.2 Å². The van der Waals surface area contributed by atoms with E-state index in [2.05, 4.69) is 9.97 Å². The van der Waals surface area contributed by atoms with E-state index in [1.165, 1.54) is 23.8 Å². The highest BCUT2D eigenvalue weighted by molar-refractivity contribution is 7.86. The van der Waals surface area contributed by atoms with Crippen LogP contribution < -0.4 is 9.47 Å². The summed E-state index contributed by atoms with van der Waals surface area (Å²) < 4.78 is 38.7.